The summed E-state index contributed by atoms with van der Waals surface area (Å²) < 4.78 is 0.785. The van der Waals surface area contributed by atoms with Crippen LogP contribution in [0.3, 0.4) is 0 Å². The van der Waals surface area contributed by atoms with Gasteiger partial charge in [0.15, 0.2) is 0 Å². The molecule has 66 valence electrons. The van der Waals surface area contributed by atoms with Crippen molar-refractivity contribution in [2.75, 3.05) is 18.4 Å². The third-order valence-electron chi connectivity index (χ3n) is 1.29. The van der Waals surface area contributed by atoms with Crippen LogP contribution in [0, 0.1) is 0 Å². The number of hydrogen-bond acceptors (Lipinski definition) is 4. The molecule has 0 unspecified atom stereocenters. The molecular weight excluding hydrogens is 220 g/mol. The number of anilines is 1. The molecule has 5 heteroatoms. The zero-order valence-corrected chi connectivity index (χ0v) is 8.21. The summed E-state index contributed by atoms with van der Waals surface area (Å²) in [5.41, 5.74) is 5.33. The Morgan fingerprint density at radius 2 is 2.42 bits per heavy atom. The minimum absolute atomic E-state index is 0.637. The van der Waals surface area contributed by atoms with Crippen LogP contribution in [0.1, 0.15) is 6.42 Å². The van der Waals surface area contributed by atoms with E-state index in [1.54, 1.807) is 12.3 Å². The van der Waals surface area contributed by atoms with Gasteiger partial charge in [0.05, 0.1) is 0 Å². The lowest BCUT2D eigenvalue weighted by molar-refractivity contribution is 0.863. The molecule has 0 fully saturated rings. The first-order valence-electron chi connectivity index (χ1n) is 3.75. The number of nitrogens with one attached hydrogen (secondary N) is 1. The standard InChI is InChI=1S/C7H11BrN4/c8-6-2-5-11-7(12-6)10-4-1-3-9/h2,5H,1,3-4,9H2,(H,10,11,12). The van der Waals surface area contributed by atoms with Crippen LogP contribution < -0.4 is 11.1 Å². The van der Waals surface area contributed by atoms with Crippen molar-refractivity contribution in [1.82, 2.24) is 9.97 Å². The Morgan fingerprint density at radius 3 is 3.08 bits per heavy atom. The van der Waals surface area contributed by atoms with Crippen LogP contribution in [0.4, 0.5) is 5.95 Å². The van der Waals surface area contributed by atoms with Gasteiger partial charge in [-0.05, 0) is 35.0 Å². The van der Waals surface area contributed by atoms with E-state index in [1.165, 1.54) is 0 Å². The molecule has 0 amide bonds. The molecule has 1 aromatic heterocycles. The van der Waals surface area contributed by atoms with Gasteiger partial charge in [-0.25, -0.2) is 9.97 Å². The summed E-state index contributed by atoms with van der Waals surface area (Å²) in [5, 5.41) is 3.05. The highest BCUT2D eigenvalue weighted by molar-refractivity contribution is 9.10. The van der Waals surface area contributed by atoms with Crippen molar-refractivity contribution in [2.45, 2.75) is 6.42 Å². The van der Waals surface area contributed by atoms with E-state index in [1.807, 2.05) is 0 Å². The summed E-state index contributed by atoms with van der Waals surface area (Å²) in [5.74, 6) is 0.637. The first kappa shape index (κ1) is 9.41. The number of nitrogens with zero attached hydrogens (tertiary/aromatic N) is 2. The van der Waals surface area contributed by atoms with E-state index >= 15 is 0 Å². The van der Waals surface area contributed by atoms with E-state index in [0.717, 1.165) is 17.6 Å². The average Bonchev–Trinajstić information content (AvgIpc) is 2.05. The summed E-state index contributed by atoms with van der Waals surface area (Å²) >= 11 is 3.26. The summed E-state index contributed by atoms with van der Waals surface area (Å²) in [6, 6.07) is 1.79. The number of nitrogens with two attached hydrogens (primary N) is 1. The Hall–Kier alpha value is -0.680. The maximum Gasteiger partial charge on any atom is 0.223 e. The van der Waals surface area contributed by atoms with Gasteiger partial charge in [0.2, 0.25) is 5.95 Å². The molecule has 0 bridgehead atoms. The van der Waals surface area contributed by atoms with Crippen LogP contribution in [-0.4, -0.2) is 23.1 Å². The quantitative estimate of drug-likeness (QED) is 0.599. The zero-order chi connectivity index (χ0) is 8.81. The molecule has 0 saturated carbocycles. The predicted molar refractivity (Wildman–Crippen MR) is 51.9 cm³/mol. The van der Waals surface area contributed by atoms with E-state index in [4.69, 9.17) is 5.73 Å². The molecule has 0 radical (unpaired) electrons. The van der Waals surface area contributed by atoms with Crippen molar-refractivity contribution < 1.29 is 0 Å². The van der Waals surface area contributed by atoms with Gasteiger partial charge in [-0.1, -0.05) is 0 Å². The Labute approximate surface area is 79.7 Å². The predicted octanol–water partition coefficient (Wildman–Crippen LogP) is 1.000. The van der Waals surface area contributed by atoms with Crippen LogP contribution in [0.15, 0.2) is 16.9 Å². The minimum atomic E-state index is 0.637. The van der Waals surface area contributed by atoms with Crippen LogP contribution in [0.25, 0.3) is 0 Å². The number of halogens is 1. The molecule has 0 spiro atoms. The summed E-state index contributed by atoms with van der Waals surface area (Å²) in [6.07, 6.45) is 2.62. The number of hydrogen-bond donors (Lipinski definition) is 2. The smallest absolute Gasteiger partial charge is 0.223 e. The van der Waals surface area contributed by atoms with E-state index in [0.29, 0.717) is 12.5 Å². The van der Waals surface area contributed by atoms with Gasteiger partial charge in [-0.15, -0.1) is 0 Å². The fourth-order valence-corrected chi connectivity index (χ4v) is 1.01. The van der Waals surface area contributed by atoms with Crippen molar-refractivity contribution in [3.8, 4) is 0 Å². The third-order valence-corrected chi connectivity index (χ3v) is 1.73. The van der Waals surface area contributed by atoms with E-state index in [-0.39, 0.29) is 0 Å². The van der Waals surface area contributed by atoms with Gasteiger partial charge < -0.3 is 11.1 Å². The van der Waals surface area contributed by atoms with E-state index < -0.39 is 0 Å². The Kier molecular flexibility index (Phi) is 3.96. The molecule has 4 nitrogen and oxygen atoms in total. The normalized spacial score (nSPS) is 9.83. The van der Waals surface area contributed by atoms with Crippen molar-refractivity contribution in [3.63, 3.8) is 0 Å². The lowest BCUT2D eigenvalue weighted by Crippen LogP contribution is -2.10. The molecule has 0 aromatic carbocycles. The SMILES string of the molecule is NCCCNc1nccc(Br)n1. The first-order chi connectivity index (χ1) is 5.83. The van der Waals surface area contributed by atoms with Gasteiger partial charge in [-0.2, -0.15) is 0 Å². The maximum absolute atomic E-state index is 5.33. The zero-order valence-electron chi connectivity index (χ0n) is 6.63. The molecular formula is C7H11BrN4. The van der Waals surface area contributed by atoms with Crippen molar-refractivity contribution in [1.29, 1.82) is 0 Å². The highest BCUT2D eigenvalue weighted by atomic mass is 79.9. The molecule has 0 atom stereocenters. The summed E-state index contributed by atoms with van der Waals surface area (Å²) in [4.78, 5) is 8.12. The second kappa shape index (κ2) is 5.05. The van der Waals surface area contributed by atoms with Gasteiger partial charge in [0.1, 0.15) is 4.60 Å². The second-order valence-corrected chi connectivity index (χ2v) is 3.08. The van der Waals surface area contributed by atoms with Crippen molar-refractivity contribution in [3.05, 3.63) is 16.9 Å². The monoisotopic (exact) mass is 230 g/mol. The molecule has 1 rings (SSSR count). The topological polar surface area (TPSA) is 63.8 Å². The number of rotatable bonds is 4. The average molecular weight is 231 g/mol. The first-order valence-corrected chi connectivity index (χ1v) is 4.54. The highest BCUT2D eigenvalue weighted by Crippen LogP contribution is 2.06. The molecule has 1 heterocycles. The van der Waals surface area contributed by atoms with Crippen LogP contribution >= 0.6 is 15.9 Å². The molecule has 12 heavy (non-hydrogen) atoms. The van der Waals surface area contributed by atoms with Gasteiger partial charge in [0.25, 0.3) is 0 Å². The van der Waals surface area contributed by atoms with Gasteiger partial charge >= 0.3 is 0 Å². The molecule has 0 aliphatic carbocycles. The third kappa shape index (κ3) is 3.15. The summed E-state index contributed by atoms with van der Waals surface area (Å²) in [7, 11) is 0. The van der Waals surface area contributed by atoms with Gasteiger partial charge in [0, 0.05) is 12.7 Å². The summed E-state index contributed by atoms with van der Waals surface area (Å²) in [6.45, 7) is 1.49. The van der Waals surface area contributed by atoms with Crippen LogP contribution in [0.5, 0.6) is 0 Å². The lowest BCUT2D eigenvalue weighted by Gasteiger charge is -2.02. The van der Waals surface area contributed by atoms with Crippen LogP contribution in [0.2, 0.25) is 0 Å². The second-order valence-electron chi connectivity index (χ2n) is 2.27. The molecule has 1 aromatic rings. The van der Waals surface area contributed by atoms with Crippen molar-refractivity contribution >= 4 is 21.9 Å². The van der Waals surface area contributed by atoms with Crippen molar-refractivity contribution in [2.24, 2.45) is 5.73 Å². The number of aromatic nitrogens is 2. The molecule has 0 aliphatic heterocycles. The minimum Gasteiger partial charge on any atom is -0.354 e. The maximum atomic E-state index is 5.33. The molecule has 3 N–H and O–H groups in total. The Bertz CT molecular complexity index is 241. The Morgan fingerprint density at radius 1 is 1.58 bits per heavy atom. The Balaban J connectivity index is 2.41. The molecule has 0 saturated heterocycles. The molecule has 0 aliphatic rings. The van der Waals surface area contributed by atoms with E-state index in [2.05, 4.69) is 31.2 Å². The largest absolute Gasteiger partial charge is 0.354 e. The van der Waals surface area contributed by atoms with Crippen LogP contribution in [-0.2, 0) is 0 Å². The van der Waals surface area contributed by atoms with E-state index in [9.17, 15) is 0 Å². The lowest BCUT2D eigenvalue weighted by atomic mass is 10.4. The highest BCUT2D eigenvalue weighted by Gasteiger charge is 1.93. The van der Waals surface area contributed by atoms with Gasteiger partial charge in [-0.3, -0.25) is 0 Å². The fourth-order valence-electron chi connectivity index (χ4n) is 0.724. The fraction of sp³-hybridized carbons (Fsp3) is 0.429.